The number of nitrogens with two attached hydrogens (primary N) is 2. The molecule has 1 aliphatic heterocycles. The molecule has 24 heavy (non-hydrogen) atoms. The van der Waals surface area contributed by atoms with E-state index in [-0.39, 0.29) is 27.5 Å². The number of ether oxygens (including phenoxy) is 1. The zero-order chi connectivity index (χ0) is 17.9. The van der Waals surface area contributed by atoms with Gasteiger partial charge in [-0.25, -0.2) is 0 Å². The summed E-state index contributed by atoms with van der Waals surface area (Å²) in [6.07, 6.45) is -0.809. The summed E-state index contributed by atoms with van der Waals surface area (Å²) >= 11 is 21.5. The first-order valence-corrected chi connectivity index (χ1v) is 7.84. The van der Waals surface area contributed by atoms with E-state index in [2.05, 4.69) is 33.3 Å². The number of thiocarbonyl (C=S) groups is 2. The summed E-state index contributed by atoms with van der Waals surface area (Å²) < 4.78 is 5.50. The number of rotatable bonds is 3. The Bertz CT molecular complexity index is 781. The molecule has 1 fully saturated rings. The molecule has 0 spiro atoms. The Labute approximate surface area is 157 Å². The molecule has 1 aromatic rings. The molecule has 0 aliphatic carbocycles. The second kappa shape index (κ2) is 7.71. The van der Waals surface area contributed by atoms with Crippen molar-refractivity contribution in [3.05, 3.63) is 33.8 Å². The summed E-state index contributed by atoms with van der Waals surface area (Å²) in [5, 5.41) is 16.5. The van der Waals surface area contributed by atoms with Crippen molar-refractivity contribution in [3.63, 3.8) is 0 Å². The van der Waals surface area contributed by atoms with E-state index in [1.165, 1.54) is 0 Å². The molecule has 0 unspecified atom stereocenters. The van der Waals surface area contributed by atoms with Crippen LogP contribution < -0.4 is 22.3 Å². The van der Waals surface area contributed by atoms with E-state index >= 15 is 0 Å². The van der Waals surface area contributed by atoms with Gasteiger partial charge in [0.25, 0.3) is 0 Å². The van der Waals surface area contributed by atoms with Crippen molar-refractivity contribution in [3.8, 4) is 0 Å². The molecule has 0 saturated carbocycles. The van der Waals surface area contributed by atoms with Crippen LogP contribution >= 0.6 is 47.6 Å². The summed E-state index contributed by atoms with van der Waals surface area (Å²) in [4.78, 5) is 0. The molecule has 12 heteroatoms. The van der Waals surface area contributed by atoms with Crippen LogP contribution in [0.1, 0.15) is 11.7 Å². The summed E-state index contributed by atoms with van der Waals surface area (Å²) in [5.74, 6) is -0.252. The van der Waals surface area contributed by atoms with Gasteiger partial charge in [-0.05, 0) is 36.6 Å². The minimum atomic E-state index is -0.809. The number of hydrazone groups is 2. The summed E-state index contributed by atoms with van der Waals surface area (Å²) in [5.41, 5.74) is 16.4. The minimum Gasteiger partial charge on any atom is -0.461 e. The predicted molar refractivity (Wildman–Crippen MR) is 103 cm³/mol. The molecule has 1 saturated heterocycles. The van der Waals surface area contributed by atoms with Crippen LogP contribution in [0.25, 0.3) is 0 Å². The van der Waals surface area contributed by atoms with Gasteiger partial charge in [0.1, 0.15) is 5.71 Å². The van der Waals surface area contributed by atoms with Crippen molar-refractivity contribution in [2.45, 2.75) is 6.10 Å². The largest absolute Gasteiger partial charge is 0.461 e. The Morgan fingerprint density at radius 1 is 1.17 bits per heavy atom. The van der Waals surface area contributed by atoms with Gasteiger partial charge < -0.3 is 16.2 Å². The van der Waals surface area contributed by atoms with Crippen LogP contribution in [0.4, 0.5) is 0 Å². The highest BCUT2D eigenvalue weighted by molar-refractivity contribution is 7.80. The van der Waals surface area contributed by atoms with Gasteiger partial charge in [-0.3, -0.25) is 16.3 Å². The maximum absolute atomic E-state index is 7.94. The monoisotopic (exact) mass is 403 g/mol. The van der Waals surface area contributed by atoms with E-state index in [9.17, 15) is 0 Å². The highest BCUT2D eigenvalue weighted by Gasteiger charge is 2.38. The lowest BCUT2D eigenvalue weighted by Gasteiger charge is -2.12. The molecule has 7 N–H and O–H groups in total. The van der Waals surface area contributed by atoms with Crippen molar-refractivity contribution < 1.29 is 4.74 Å². The minimum absolute atomic E-state index is 0.0662. The first-order valence-electron chi connectivity index (χ1n) is 6.26. The third kappa shape index (κ3) is 4.29. The van der Waals surface area contributed by atoms with Gasteiger partial charge in [0, 0.05) is 15.6 Å². The fourth-order valence-corrected chi connectivity index (χ4v) is 2.44. The zero-order valence-electron chi connectivity index (χ0n) is 11.8. The van der Waals surface area contributed by atoms with Crippen LogP contribution in [0.3, 0.4) is 0 Å². The summed E-state index contributed by atoms with van der Waals surface area (Å²) in [7, 11) is 0. The lowest BCUT2D eigenvalue weighted by Crippen LogP contribution is -2.31. The van der Waals surface area contributed by atoms with Gasteiger partial charge in [-0.2, -0.15) is 10.2 Å². The van der Waals surface area contributed by atoms with Gasteiger partial charge in [-0.1, -0.05) is 29.3 Å². The molecule has 0 aromatic heterocycles. The van der Waals surface area contributed by atoms with Crippen LogP contribution in [-0.2, 0) is 4.74 Å². The van der Waals surface area contributed by atoms with Crippen LogP contribution in [0.5, 0.6) is 0 Å². The van der Waals surface area contributed by atoms with Gasteiger partial charge in [0.2, 0.25) is 5.90 Å². The highest BCUT2D eigenvalue weighted by Crippen LogP contribution is 2.33. The van der Waals surface area contributed by atoms with Crippen molar-refractivity contribution >= 4 is 75.2 Å². The van der Waals surface area contributed by atoms with E-state index in [4.69, 9.17) is 57.0 Å². The standard InChI is InChI=1S/C12H11Cl2N7OS2/c13-4-1-2-5(6(14)3-4)9-7(18-20-11(16)23)8(10(15)22-9)19-21-12(17)24/h1-3,9,15H,(H3,16,20,23)(H3,17,21,24)/b15-10?,18-7+,19-8+/t9-/m0/s1. The highest BCUT2D eigenvalue weighted by atomic mass is 35.5. The lowest BCUT2D eigenvalue weighted by atomic mass is 10.0. The molecule has 1 atom stereocenters. The Morgan fingerprint density at radius 2 is 1.79 bits per heavy atom. The van der Waals surface area contributed by atoms with E-state index in [1.807, 2.05) is 0 Å². The first kappa shape index (κ1) is 18.3. The van der Waals surface area contributed by atoms with Crippen LogP contribution in [0, 0.1) is 5.41 Å². The molecule has 126 valence electrons. The topological polar surface area (TPSA) is 134 Å². The molecule has 0 radical (unpaired) electrons. The van der Waals surface area contributed by atoms with Gasteiger partial charge >= 0.3 is 0 Å². The zero-order valence-corrected chi connectivity index (χ0v) is 15.0. The Hall–Kier alpha value is -2.01. The molecular weight excluding hydrogens is 393 g/mol. The molecule has 1 aliphatic rings. The van der Waals surface area contributed by atoms with E-state index in [0.717, 1.165) is 0 Å². The quantitative estimate of drug-likeness (QED) is 0.380. The fraction of sp³-hybridized carbons (Fsp3) is 0.0833. The number of hydrogen-bond acceptors (Lipinski definition) is 6. The molecule has 2 rings (SSSR count). The van der Waals surface area contributed by atoms with E-state index < -0.39 is 6.10 Å². The Morgan fingerprint density at radius 3 is 2.38 bits per heavy atom. The molecule has 8 nitrogen and oxygen atoms in total. The molecule has 1 heterocycles. The lowest BCUT2D eigenvalue weighted by molar-refractivity contribution is 0.274. The molecule has 0 bridgehead atoms. The SMILES string of the molecule is N=C1O[C@@H](c2ccc(Cl)cc2Cl)C(=N/NC(N)=S)/C1=N\NC(N)=S. The van der Waals surface area contributed by atoms with Crippen LogP contribution in [0.15, 0.2) is 28.4 Å². The number of hydrogen-bond donors (Lipinski definition) is 5. The third-order valence-corrected chi connectivity index (χ3v) is 3.50. The first-order chi connectivity index (χ1) is 11.3. The van der Waals surface area contributed by atoms with Gasteiger partial charge in [-0.15, -0.1) is 0 Å². The van der Waals surface area contributed by atoms with Crippen molar-refractivity contribution in [2.75, 3.05) is 0 Å². The van der Waals surface area contributed by atoms with Gasteiger partial charge in [0.05, 0.1) is 0 Å². The Kier molecular flexibility index (Phi) is 5.89. The summed E-state index contributed by atoms with van der Waals surface area (Å²) in [6, 6.07) is 4.84. The molecular formula is C12H11Cl2N7OS2. The second-order valence-electron chi connectivity index (χ2n) is 4.40. The molecule has 0 amide bonds. The van der Waals surface area contributed by atoms with E-state index in [1.54, 1.807) is 18.2 Å². The maximum Gasteiger partial charge on any atom is 0.237 e. The van der Waals surface area contributed by atoms with Crippen molar-refractivity contribution in [2.24, 2.45) is 21.7 Å². The van der Waals surface area contributed by atoms with Crippen molar-refractivity contribution in [1.82, 2.24) is 10.9 Å². The fourth-order valence-electron chi connectivity index (χ4n) is 1.84. The predicted octanol–water partition coefficient (Wildman–Crippen LogP) is 1.42. The van der Waals surface area contributed by atoms with Crippen LogP contribution in [0.2, 0.25) is 10.0 Å². The maximum atomic E-state index is 7.94. The number of halogens is 2. The summed E-state index contributed by atoms with van der Waals surface area (Å²) in [6.45, 7) is 0. The van der Waals surface area contributed by atoms with Crippen molar-refractivity contribution in [1.29, 1.82) is 5.41 Å². The smallest absolute Gasteiger partial charge is 0.237 e. The average Bonchev–Trinajstić information content (AvgIpc) is 2.78. The number of nitrogens with one attached hydrogen (secondary N) is 3. The normalized spacial score (nSPS) is 20.1. The third-order valence-electron chi connectivity index (χ3n) is 2.75. The Balaban J connectivity index is 2.48. The van der Waals surface area contributed by atoms with Gasteiger partial charge in [0.15, 0.2) is 22.0 Å². The second-order valence-corrected chi connectivity index (χ2v) is 6.13. The number of benzene rings is 1. The average molecular weight is 404 g/mol. The number of nitrogens with zero attached hydrogens (tertiary/aromatic N) is 2. The molecule has 1 aromatic carbocycles. The van der Waals surface area contributed by atoms with E-state index in [0.29, 0.717) is 15.6 Å². The van der Waals surface area contributed by atoms with Crippen LogP contribution in [-0.4, -0.2) is 27.5 Å².